The van der Waals surface area contributed by atoms with Crippen LogP contribution in [0, 0.1) is 6.92 Å². The van der Waals surface area contributed by atoms with E-state index in [4.69, 9.17) is 10.5 Å². The lowest BCUT2D eigenvalue weighted by atomic mass is 10.1. The van der Waals surface area contributed by atoms with Crippen molar-refractivity contribution in [2.45, 2.75) is 13.5 Å². The molecule has 0 unspecified atom stereocenters. The van der Waals surface area contributed by atoms with Gasteiger partial charge in [-0.2, -0.15) is 0 Å². The Hall–Kier alpha value is -3.08. The van der Waals surface area contributed by atoms with Crippen LogP contribution in [0.4, 0.5) is 5.69 Å². The zero-order valence-electron chi connectivity index (χ0n) is 12.6. The van der Waals surface area contributed by atoms with E-state index in [2.05, 4.69) is 4.98 Å². The van der Waals surface area contributed by atoms with Gasteiger partial charge in [-0.1, -0.05) is 36.4 Å². The van der Waals surface area contributed by atoms with Gasteiger partial charge in [-0.25, -0.2) is 9.78 Å². The molecule has 116 valence electrons. The number of carboxylic acid groups (broad SMARTS) is 1. The van der Waals surface area contributed by atoms with E-state index in [0.29, 0.717) is 34.5 Å². The standard InChI is InChI=1S/C18H16N2O3/c1-11-15(18(21)22)20-16-13(8-5-9-14(16)19)17(11)23-10-12-6-3-2-4-7-12/h2-9H,10,19H2,1H3,(H,21,22). The molecule has 0 amide bonds. The minimum absolute atomic E-state index is 0.0431. The topological polar surface area (TPSA) is 85.4 Å². The van der Waals surface area contributed by atoms with Crippen molar-refractivity contribution >= 4 is 22.6 Å². The Morgan fingerprint density at radius 3 is 2.61 bits per heavy atom. The largest absolute Gasteiger partial charge is 0.488 e. The van der Waals surface area contributed by atoms with E-state index in [0.717, 1.165) is 5.56 Å². The van der Waals surface area contributed by atoms with E-state index in [9.17, 15) is 9.90 Å². The highest BCUT2D eigenvalue weighted by Gasteiger charge is 2.18. The number of pyridine rings is 1. The number of aromatic nitrogens is 1. The van der Waals surface area contributed by atoms with E-state index in [1.807, 2.05) is 36.4 Å². The molecule has 0 bridgehead atoms. The van der Waals surface area contributed by atoms with E-state index in [1.165, 1.54) is 0 Å². The zero-order chi connectivity index (χ0) is 16.4. The van der Waals surface area contributed by atoms with Crippen LogP contribution >= 0.6 is 0 Å². The minimum atomic E-state index is -1.10. The molecule has 0 aliphatic carbocycles. The number of hydrogen-bond acceptors (Lipinski definition) is 4. The Bertz CT molecular complexity index is 876. The molecule has 0 atom stereocenters. The van der Waals surface area contributed by atoms with Crippen LogP contribution in [-0.4, -0.2) is 16.1 Å². The molecule has 3 aromatic rings. The lowest BCUT2D eigenvalue weighted by molar-refractivity contribution is 0.0689. The van der Waals surface area contributed by atoms with Crippen molar-refractivity contribution < 1.29 is 14.6 Å². The highest BCUT2D eigenvalue weighted by Crippen LogP contribution is 2.33. The molecule has 1 heterocycles. The Kier molecular flexibility index (Phi) is 3.85. The van der Waals surface area contributed by atoms with Gasteiger partial charge in [0.25, 0.3) is 0 Å². The first-order valence-electron chi connectivity index (χ1n) is 7.16. The summed E-state index contributed by atoms with van der Waals surface area (Å²) in [6, 6.07) is 15.0. The summed E-state index contributed by atoms with van der Waals surface area (Å²) in [5.41, 5.74) is 8.26. The van der Waals surface area contributed by atoms with Crippen LogP contribution in [0.3, 0.4) is 0 Å². The first-order valence-corrected chi connectivity index (χ1v) is 7.16. The number of rotatable bonds is 4. The molecule has 0 aliphatic heterocycles. The molecular formula is C18H16N2O3. The van der Waals surface area contributed by atoms with Gasteiger partial charge in [-0.15, -0.1) is 0 Å². The van der Waals surface area contributed by atoms with Gasteiger partial charge in [0.05, 0.1) is 11.2 Å². The molecular weight excluding hydrogens is 292 g/mol. The molecule has 0 radical (unpaired) electrons. The highest BCUT2D eigenvalue weighted by atomic mass is 16.5. The van der Waals surface area contributed by atoms with Crippen LogP contribution in [-0.2, 0) is 6.61 Å². The summed E-state index contributed by atoms with van der Waals surface area (Å²) in [4.78, 5) is 15.6. The Morgan fingerprint density at radius 1 is 1.17 bits per heavy atom. The quantitative estimate of drug-likeness (QED) is 0.721. The zero-order valence-corrected chi connectivity index (χ0v) is 12.6. The van der Waals surface area contributed by atoms with Crippen molar-refractivity contribution in [3.63, 3.8) is 0 Å². The second kappa shape index (κ2) is 5.96. The number of aromatic carboxylic acids is 1. The van der Waals surface area contributed by atoms with Crippen LogP contribution in [0.15, 0.2) is 48.5 Å². The monoisotopic (exact) mass is 308 g/mol. The van der Waals surface area contributed by atoms with E-state index in [1.54, 1.807) is 19.1 Å². The van der Waals surface area contributed by atoms with Crippen molar-refractivity contribution in [3.05, 3.63) is 65.4 Å². The maximum atomic E-state index is 11.4. The first kappa shape index (κ1) is 14.8. The minimum Gasteiger partial charge on any atom is -0.488 e. The summed E-state index contributed by atoms with van der Waals surface area (Å²) in [5, 5.41) is 10.1. The van der Waals surface area contributed by atoms with E-state index < -0.39 is 5.97 Å². The molecule has 5 nitrogen and oxygen atoms in total. The SMILES string of the molecule is Cc1c(C(=O)O)nc2c(N)cccc2c1OCc1ccccc1. The molecule has 0 aliphatic rings. The Morgan fingerprint density at radius 2 is 1.91 bits per heavy atom. The molecule has 23 heavy (non-hydrogen) atoms. The van der Waals surface area contributed by atoms with Crippen molar-refractivity contribution in [1.82, 2.24) is 4.98 Å². The number of para-hydroxylation sites is 1. The number of fused-ring (bicyclic) bond motifs is 1. The maximum absolute atomic E-state index is 11.4. The number of nitrogen functional groups attached to an aromatic ring is 1. The molecule has 0 saturated carbocycles. The molecule has 2 aromatic carbocycles. The summed E-state index contributed by atoms with van der Waals surface area (Å²) in [6.45, 7) is 2.04. The van der Waals surface area contributed by atoms with Gasteiger partial charge in [-0.3, -0.25) is 0 Å². The molecule has 0 saturated heterocycles. The van der Waals surface area contributed by atoms with Crippen molar-refractivity contribution in [1.29, 1.82) is 0 Å². The Balaban J connectivity index is 2.11. The van der Waals surface area contributed by atoms with Gasteiger partial charge < -0.3 is 15.6 Å². The lowest BCUT2D eigenvalue weighted by Crippen LogP contribution is -2.08. The molecule has 5 heteroatoms. The second-order valence-electron chi connectivity index (χ2n) is 5.24. The van der Waals surface area contributed by atoms with Crippen molar-refractivity contribution in [3.8, 4) is 5.75 Å². The van der Waals surface area contributed by atoms with E-state index in [-0.39, 0.29) is 5.69 Å². The molecule has 0 fully saturated rings. The number of benzene rings is 2. The van der Waals surface area contributed by atoms with Crippen LogP contribution in [0.1, 0.15) is 21.6 Å². The molecule has 1 aromatic heterocycles. The number of anilines is 1. The first-order chi connectivity index (χ1) is 11.1. The number of carboxylic acids is 1. The average Bonchev–Trinajstić information content (AvgIpc) is 2.54. The van der Waals surface area contributed by atoms with E-state index >= 15 is 0 Å². The fourth-order valence-corrected chi connectivity index (χ4v) is 2.50. The van der Waals surface area contributed by atoms with Gasteiger partial charge in [0.1, 0.15) is 12.4 Å². The fraction of sp³-hybridized carbons (Fsp3) is 0.111. The molecule has 3 N–H and O–H groups in total. The van der Waals surface area contributed by atoms with Crippen LogP contribution < -0.4 is 10.5 Å². The normalized spacial score (nSPS) is 10.7. The number of nitrogens with two attached hydrogens (primary N) is 1. The summed E-state index contributed by atoms with van der Waals surface area (Å²) in [5.74, 6) is -0.597. The summed E-state index contributed by atoms with van der Waals surface area (Å²) >= 11 is 0. The number of nitrogens with zero attached hydrogens (tertiary/aromatic N) is 1. The maximum Gasteiger partial charge on any atom is 0.354 e. The van der Waals surface area contributed by atoms with Crippen LogP contribution in [0.5, 0.6) is 5.75 Å². The van der Waals surface area contributed by atoms with Gasteiger partial charge in [0.15, 0.2) is 5.69 Å². The number of ether oxygens (including phenoxy) is 1. The summed E-state index contributed by atoms with van der Waals surface area (Å²) in [6.07, 6.45) is 0. The van der Waals surface area contributed by atoms with Gasteiger partial charge in [-0.05, 0) is 24.6 Å². The van der Waals surface area contributed by atoms with Gasteiger partial charge in [0, 0.05) is 10.9 Å². The fourth-order valence-electron chi connectivity index (χ4n) is 2.50. The third-order valence-corrected chi connectivity index (χ3v) is 3.66. The van der Waals surface area contributed by atoms with Gasteiger partial charge >= 0.3 is 5.97 Å². The third kappa shape index (κ3) is 2.81. The smallest absolute Gasteiger partial charge is 0.354 e. The van der Waals surface area contributed by atoms with Crippen LogP contribution in [0.25, 0.3) is 10.9 Å². The van der Waals surface area contributed by atoms with Crippen LogP contribution in [0.2, 0.25) is 0 Å². The summed E-state index contributed by atoms with van der Waals surface area (Å²) in [7, 11) is 0. The van der Waals surface area contributed by atoms with Crippen molar-refractivity contribution in [2.24, 2.45) is 0 Å². The van der Waals surface area contributed by atoms with Crippen molar-refractivity contribution in [2.75, 3.05) is 5.73 Å². The predicted molar refractivity (Wildman–Crippen MR) is 88.6 cm³/mol. The average molecular weight is 308 g/mol. The Labute approximate surface area is 133 Å². The summed E-state index contributed by atoms with van der Waals surface area (Å²) < 4.78 is 5.92. The highest BCUT2D eigenvalue weighted by molar-refractivity contribution is 5.99. The lowest BCUT2D eigenvalue weighted by Gasteiger charge is -2.15. The van der Waals surface area contributed by atoms with Gasteiger partial charge in [0.2, 0.25) is 0 Å². The molecule has 3 rings (SSSR count). The predicted octanol–water partition coefficient (Wildman–Crippen LogP) is 3.40. The number of carbonyl (C=O) groups is 1. The molecule has 0 spiro atoms. The third-order valence-electron chi connectivity index (χ3n) is 3.66. The number of hydrogen-bond donors (Lipinski definition) is 2. The second-order valence-corrected chi connectivity index (χ2v) is 5.24.